The van der Waals surface area contributed by atoms with Crippen LogP contribution in [0.25, 0.3) is 0 Å². The molecule has 7 heteroatoms. The summed E-state index contributed by atoms with van der Waals surface area (Å²) in [5.74, 6) is -1.24. The molecule has 0 bridgehead atoms. The molecule has 0 aliphatic carbocycles. The van der Waals surface area contributed by atoms with Crippen LogP contribution in [-0.4, -0.2) is 15.7 Å². The van der Waals surface area contributed by atoms with E-state index in [0.717, 1.165) is 10.2 Å². The first kappa shape index (κ1) is 17.5. The summed E-state index contributed by atoms with van der Waals surface area (Å²) in [6.07, 6.45) is 0. The van der Waals surface area contributed by atoms with Gasteiger partial charge in [0.05, 0.1) is 6.54 Å². The topological polar surface area (TPSA) is 64.0 Å². The molecule has 0 aliphatic rings. The number of carbonyl (C=O) groups excluding carboxylic acids is 1. The maximum absolute atomic E-state index is 13.3. The summed E-state index contributed by atoms with van der Waals surface area (Å²) < 4.78 is 27.3. The Bertz CT molecular complexity index is 985. The van der Waals surface area contributed by atoms with Crippen LogP contribution in [0.1, 0.15) is 21.6 Å². The van der Waals surface area contributed by atoms with Crippen LogP contribution in [0, 0.1) is 11.6 Å². The van der Waals surface area contributed by atoms with Crippen molar-refractivity contribution in [1.29, 1.82) is 0 Å². The minimum absolute atomic E-state index is 0.0513. The lowest BCUT2D eigenvalue weighted by Gasteiger charge is -2.08. The lowest BCUT2D eigenvalue weighted by molar-refractivity contribution is 0.0943. The second-order valence-electron chi connectivity index (χ2n) is 5.65. The maximum Gasteiger partial charge on any atom is 0.271 e. The number of nitrogens with one attached hydrogen (secondary N) is 1. The van der Waals surface area contributed by atoms with Crippen molar-refractivity contribution in [3.05, 3.63) is 99.5 Å². The first-order valence-corrected chi connectivity index (χ1v) is 7.86. The van der Waals surface area contributed by atoms with E-state index in [0.29, 0.717) is 5.56 Å². The summed E-state index contributed by atoms with van der Waals surface area (Å²) in [6, 6.07) is 14.1. The highest BCUT2D eigenvalue weighted by Crippen LogP contribution is 2.05. The van der Waals surface area contributed by atoms with Crippen LogP contribution >= 0.6 is 0 Å². The van der Waals surface area contributed by atoms with Crippen molar-refractivity contribution in [1.82, 2.24) is 15.1 Å². The zero-order valence-electron chi connectivity index (χ0n) is 13.7. The zero-order valence-corrected chi connectivity index (χ0v) is 13.7. The van der Waals surface area contributed by atoms with Gasteiger partial charge in [-0.25, -0.2) is 13.5 Å². The van der Waals surface area contributed by atoms with Crippen LogP contribution in [0.2, 0.25) is 0 Å². The highest BCUT2D eigenvalue weighted by Gasteiger charge is 2.10. The Balaban J connectivity index is 1.72. The van der Waals surface area contributed by atoms with E-state index in [1.54, 1.807) is 18.2 Å². The minimum atomic E-state index is -0.470. The Kier molecular flexibility index (Phi) is 5.17. The van der Waals surface area contributed by atoms with E-state index in [-0.39, 0.29) is 24.6 Å². The lowest BCUT2D eigenvalue weighted by atomic mass is 10.2. The van der Waals surface area contributed by atoms with Gasteiger partial charge in [-0.2, -0.15) is 5.10 Å². The Morgan fingerprint density at radius 2 is 1.73 bits per heavy atom. The first-order chi connectivity index (χ1) is 12.5. The standard InChI is InChI=1S/C19H15F2N3O2/c20-15-6-4-13(5-7-15)11-22-19(26)17-8-9-18(25)24(23-17)12-14-2-1-3-16(21)10-14/h1-10H,11-12H2,(H,22,26). The summed E-state index contributed by atoms with van der Waals surface area (Å²) in [6.45, 7) is 0.249. The molecule has 132 valence electrons. The van der Waals surface area contributed by atoms with E-state index in [1.807, 2.05) is 0 Å². The van der Waals surface area contributed by atoms with Crippen molar-refractivity contribution in [3.8, 4) is 0 Å². The third-order valence-electron chi connectivity index (χ3n) is 3.69. The zero-order chi connectivity index (χ0) is 18.5. The van der Waals surface area contributed by atoms with Gasteiger partial charge in [0, 0.05) is 12.6 Å². The number of benzene rings is 2. The van der Waals surface area contributed by atoms with Crippen LogP contribution in [-0.2, 0) is 13.1 Å². The van der Waals surface area contributed by atoms with Crippen LogP contribution in [0.3, 0.4) is 0 Å². The van der Waals surface area contributed by atoms with Crippen molar-refractivity contribution in [2.45, 2.75) is 13.1 Å². The van der Waals surface area contributed by atoms with E-state index < -0.39 is 17.3 Å². The van der Waals surface area contributed by atoms with Gasteiger partial charge >= 0.3 is 0 Å². The number of rotatable bonds is 5. The minimum Gasteiger partial charge on any atom is -0.347 e. The van der Waals surface area contributed by atoms with Gasteiger partial charge in [0.1, 0.15) is 17.3 Å². The molecule has 0 atom stereocenters. The molecule has 0 spiro atoms. The fourth-order valence-electron chi connectivity index (χ4n) is 2.37. The van der Waals surface area contributed by atoms with Gasteiger partial charge < -0.3 is 5.32 Å². The van der Waals surface area contributed by atoms with E-state index in [2.05, 4.69) is 10.4 Å². The third kappa shape index (κ3) is 4.38. The molecule has 1 aromatic heterocycles. The Hall–Kier alpha value is -3.35. The molecule has 5 nitrogen and oxygen atoms in total. The van der Waals surface area contributed by atoms with Crippen molar-refractivity contribution in [2.24, 2.45) is 0 Å². The van der Waals surface area contributed by atoms with Gasteiger partial charge in [-0.3, -0.25) is 9.59 Å². The molecule has 0 saturated carbocycles. The number of nitrogens with zero attached hydrogens (tertiary/aromatic N) is 2. The summed E-state index contributed by atoms with van der Waals surface area (Å²) in [4.78, 5) is 24.2. The average Bonchev–Trinajstić information content (AvgIpc) is 2.63. The molecule has 1 amide bonds. The molecule has 1 heterocycles. The highest BCUT2D eigenvalue weighted by atomic mass is 19.1. The molecular weight excluding hydrogens is 340 g/mol. The van der Waals surface area contributed by atoms with Gasteiger partial charge in [-0.05, 0) is 41.5 Å². The number of amides is 1. The monoisotopic (exact) mass is 355 g/mol. The molecule has 0 fully saturated rings. The van der Waals surface area contributed by atoms with E-state index in [4.69, 9.17) is 0 Å². The van der Waals surface area contributed by atoms with E-state index in [9.17, 15) is 18.4 Å². The fraction of sp³-hybridized carbons (Fsp3) is 0.105. The lowest BCUT2D eigenvalue weighted by Crippen LogP contribution is -2.29. The molecule has 0 aliphatic heterocycles. The van der Waals surface area contributed by atoms with Crippen LogP contribution in [0.4, 0.5) is 8.78 Å². The highest BCUT2D eigenvalue weighted by molar-refractivity contribution is 5.91. The molecule has 0 saturated heterocycles. The van der Waals surface area contributed by atoms with Crippen LogP contribution in [0.15, 0.2) is 65.5 Å². The number of hydrogen-bond acceptors (Lipinski definition) is 3. The van der Waals surface area contributed by atoms with Gasteiger partial charge in [0.15, 0.2) is 0 Å². The third-order valence-corrected chi connectivity index (χ3v) is 3.69. The molecule has 3 aromatic rings. The smallest absolute Gasteiger partial charge is 0.271 e. The van der Waals surface area contributed by atoms with Crippen molar-refractivity contribution in [3.63, 3.8) is 0 Å². The molecule has 1 N–H and O–H groups in total. The van der Waals surface area contributed by atoms with Gasteiger partial charge in [0.25, 0.3) is 11.5 Å². The molecule has 26 heavy (non-hydrogen) atoms. The first-order valence-electron chi connectivity index (χ1n) is 7.86. The molecule has 2 aromatic carbocycles. The van der Waals surface area contributed by atoms with Gasteiger partial charge in [-0.15, -0.1) is 0 Å². The number of aromatic nitrogens is 2. The van der Waals surface area contributed by atoms with Crippen molar-refractivity contribution in [2.75, 3.05) is 0 Å². The van der Waals surface area contributed by atoms with Crippen LogP contribution in [0.5, 0.6) is 0 Å². The summed E-state index contributed by atoms with van der Waals surface area (Å²) in [5.41, 5.74) is 0.948. The summed E-state index contributed by atoms with van der Waals surface area (Å²) in [7, 11) is 0. The number of hydrogen-bond donors (Lipinski definition) is 1. The molecule has 0 unspecified atom stereocenters. The normalized spacial score (nSPS) is 10.5. The quantitative estimate of drug-likeness (QED) is 0.765. The summed E-state index contributed by atoms with van der Waals surface area (Å²) >= 11 is 0. The number of halogens is 2. The van der Waals surface area contributed by atoms with Gasteiger partial charge in [0.2, 0.25) is 0 Å². The Morgan fingerprint density at radius 1 is 0.962 bits per heavy atom. The SMILES string of the molecule is O=C(NCc1ccc(F)cc1)c1ccc(=O)n(Cc2cccc(F)c2)n1. The molecule has 3 rings (SSSR count). The second-order valence-corrected chi connectivity index (χ2v) is 5.65. The van der Waals surface area contributed by atoms with E-state index >= 15 is 0 Å². The predicted molar refractivity (Wildman–Crippen MR) is 91.6 cm³/mol. The van der Waals surface area contributed by atoms with E-state index in [1.165, 1.54) is 42.5 Å². The van der Waals surface area contributed by atoms with Crippen molar-refractivity contribution < 1.29 is 13.6 Å². The van der Waals surface area contributed by atoms with Crippen molar-refractivity contribution >= 4 is 5.91 Å². The van der Waals surface area contributed by atoms with Crippen LogP contribution < -0.4 is 10.9 Å². The Labute approximate surface area is 147 Å². The van der Waals surface area contributed by atoms with Gasteiger partial charge in [-0.1, -0.05) is 24.3 Å². The Morgan fingerprint density at radius 3 is 2.46 bits per heavy atom. The number of carbonyl (C=O) groups is 1. The maximum atomic E-state index is 13.3. The molecular formula is C19H15F2N3O2. The second kappa shape index (κ2) is 7.69. The summed E-state index contributed by atoms with van der Waals surface area (Å²) in [5, 5.41) is 6.69. The predicted octanol–water partition coefficient (Wildman–Crippen LogP) is 2.50. The fourth-order valence-corrected chi connectivity index (χ4v) is 2.37. The largest absolute Gasteiger partial charge is 0.347 e. The average molecular weight is 355 g/mol. The molecule has 0 radical (unpaired) electrons.